The van der Waals surface area contributed by atoms with E-state index >= 15 is 0 Å². The molecule has 2 N–H and O–H groups in total. The van der Waals surface area contributed by atoms with E-state index in [-0.39, 0.29) is 35.1 Å². The van der Waals surface area contributed by atoms with E-state index in [1.54, 1.807) is 0 Å². The number of nitrogens with one attached hydrogen (secondary N) is 2. The highest BCUT2D eigenvalue weighted by Gasteiger charge is 2.27. The van der Waals surface area contributed by atoms with Crippen molar-refractivity contribution in [2.45, 2.75) is 43.4 Å². The number of hydrogen-bond donors (Lipinski definition) is 2. The third kappa shape index (κ3) is 5.05. The van der Waals surface area contributed by atoms with Crippen LogP contribution in [-0.4, -0.2) is 33.7 Å². The van der Waals surface area contributed by atoms with Crippen molar-refractivity contribution < 1.29 is 21.9 Å². The standard InChI is InChI=1S/C13H18F2N2O3S.ClH/c1-9-8-10(6-7-16-9)17-21(18,19)12-5-3-2-4-11(12)20-13(14)15;/h2-5,9-10,13,16-17H,6-8H2,1H3;1H. The number of alkyl halides is 2. The summed E-state index contributed by atoms with van der Waals surface area (Å²) in [7, 11) is -3.90. The van der Waals surface area contributed by atoms with Crippen molar-refractivity contribution in [3.05, 3.63) is 24.3 Å². The zero-order valence-corrected chi connectivity index (χ0v) is 13.6. The van der Waals surface area contributed by atoms with Crippen molar-refractivity contribution >= 4 is 22.4 Å². The molecule has 2 atom stereocenters. The predicted molar refractivity (Wildman–Crippen MR) is 81.1 cm³/mol. The van der Waals surface area contributed by atoms with Gasteiger partial charge in [0.05, 0.1) is 0 Å². The maximum absolute atomic E-state index is 12.4. The van der Waals surface area contributed by atoms with Crippen LogP contribution in [0.25, 0.3) is 0 Å². The minimum atomic E-state index is -3.90. The Balaban J connectivity index is 0.00000242. The highest BCUT2D eigenvalue weighted by Crippen LogP contribution is 2.25. The van der Waals surface area contributed by atoms with Gasteiger partial charge in [-0.25, -0.2) is 13.1 Å². The molecule has 1 aromatic rings. The van der Waals surface area contributed by atoms with E-state index in [1.807, 2.05) is 6.92 Å². The molecule has 2 rings (SSSR count). The summed E-state index contributed by atoms with van der Waals surface area (Å²) in [5.41, 5.74) is 0. The summed E-state index contributed by atoms with van der Waals surface area (Å²) in [4.78, 5) is -0.267. The van der Waals surface area contributed by atoms with Crippen molar-refractivity contribution in [1.29, 1.82) is 0 Å². The molecule has 1 aromatic carbocycles. The number of benzene rings is 1. The molecule has 0 aromatic heterocycles. The quantitative estimate of drug-likeness (QED) is 0.848. The highest BCUT2D eigenvalue weighted by molar-refractivity contribution is 7.89. The van der Waals surface area contributed by atoms with E-state index in [4.69, 9.17) is 0 Å². The van der Waals surface area contributed by atoms with E-state index < -0.39 is 16.6 Å². The molecule has 9 heteroatoms. The monoisotopic (exact) mass is 356 g/mol. The Morgan fingerprint density at radius 3 is 2.68 bits per heavy atom. The lowest BCUT2D eigenvalue weighted by molar-refractivity contribution is -0.0517. The van der Waals surface area contributed by atoms with Crippen molar-refractivity contribution in [3.8, 4) is 5.75 Å². The molecule has 0 amide bonds. The maximum Gasteiger partial charge on any atom is 0.387 e. The van der Waals surface area contributed by atoms with E-state index in [0.717, 1.165) is 0 Å². The largest absolute Gasteiger partial charge is 0.433 e. The molecule has 0 spiro atoms. The fourth-order valence-electron chi connectivity index (χ4n) is 2.39. The topological polar surface area (TPSA) is 67.4 Å². The number of ether oxygens (including phenoxy) is 1. The van der Waals surface area contributed by atoms with E-state index in [9.17, 15) is 17.2 Å². The van der Waals surface area contributed by atoms with Crippen LogP contribution in [0.4, 0.5) is 8.78 Å². The van der Waals surface area contributed by atoms with Gasteiger partial charge in [-0.1, -0.05) is 12.1 Å². The number of sulfonamides is 1. The first-order chi connectivity index (χ1) is 9.88. The van der Waals surface area contributed by atoms with Crippen LogP contribution in [0.15, 0.2) is 29.2 Å². The Hall–Kier alpha value is -0.960. The van der Waals surface area contributed by atoms with Gasteiger partial charge in [-0.15, -0.1) is 12.4 Å². The Labute approximate surface area is 134 Å². The number of para-hydroxylation sites is 1. The minimum absolute atomic E-state index is 0. The molecule has 22 heavy (non-hydrogen) atoms. The number of rotatable bonds is 5. The zero-order valence-electron chi connectivity index (χ0n) is 12.0. The van der Waals surface area contributed by atoms with Gasteiger partial charge in [-0.3, -0.25) is 0 Å². The molecule has 1 aliphatic heterocycles. The van der Waals surface area contributed by atoms with Gasteiger partial charge in [0.25, 0.3) is 0 Å². The Morgan fingerprint density at radius 2 is 2.05 bits per heavy atom. The van der Waals surface area contributed by atoms with Crippen LogP contribution in [0.2, 0.25) is 0 Å². The van der Waals surface area contributed by atoms with Crippen LogP contribution in [0.3, 0.4) is 0 Å². The summed E-state index contributed by atoms with van der Waals surface area (Å²) < 4.78 is 56.3. The second-order valence-electron chi connectivity index (χ2n) is 5.02. The molecule has 1 aliphatic rings. The molecule has 1 saturated heterocycles. The first-order valence-corrected chi connectivity index (χ1v) is 8.16. The number of piperidine rings is 1. The summed E-state index contributed by atoms with van der Waals surface area (Å²) in [5.74, 6) is -0.345. The van der Waals surface area contributed by atoms with Crippen molar-refractivity contribution in [2.24, 2.45) is 0 Å². The van der Waals surface area contributed by atoms with Crippen LogP contribution in [0, 0.1) is 0 Å². The van der Waals surface area contributed by atoms with E-state index in [0.29, 0.717) is 19.4 Å². The summed E-state index contributed by atoms with van der Waals surface area (Å²) in [6.07, 6.45) is 1.30. The minimum Gasteiger partial charge on any atom is -0.433 e. The summed E-state index contributed by atoms with van der Waals surface area (Å²) in [6, 6.07) is 5.38. The number of halogens is 3. The molecule has 5 nitrogen and oxygen atoms in total. The second-order valence-corrected chi connectivity index (χ2v) is 6.71. The molecule has 2 unspecified atom stereocenters. The zero-order chi connectivity index (χ0) is 15.5. The lowest BCUT2D eigenvalue weighted by Gasteiger charge is -2.28. The molecule has 0 aliphatic carbocycles. The fraction of sp³-hybridized carbons (Fsp3) is 0.538. The lowest BCUT2D eigenvalue weighted by Crippen LogP contribution is -2.46. The maximum atomic E-state index is 12.4. The molecule has 0 bridgehead atoms. The van der Waals surface area contributed by atoms with Gasteiger partial charge in [0.15, 0.2) is 0 Å². The average Bonchev–Trinajstić information content (AvgIpc) is 2.37. The summed E-state index contributed by atoms with van der Waals surface area (Å²) in [5, 5.41) is 3.22. The van der Waals surface area contributed by atoms with Crippen molar-refractivity contribution in [1.82, 2.24) is 10.0 Å². The van der Waals surface area contributed by atoms with Crippen molar-refractivity contribution in [3.63, 3.8) is 0 Å². The van der Waals surface area contributed by atoms with Gasteiger partial charge in [0, 0.05) is 12.1 Å². The van der Waals surface area contributed by atoms with Gasteiger partial charge in [0.1, 0.15) is 10.6 Å². The SMILES string of the molecule is CC1CC(NS(=O)(=O)c2ccccc2OC(F)F)CCN1.Cl. The smallest absolute Gasteiger partial charge is 0.387 e. The summed E-state index contributed by atoms with van der Waals surface area (Å²) in [6.45, 7) is -0.391. The molecule has 1 heterocycles. The van der Waals surface area contributed by atoms with Gasteiger partial charge in [-0.2, -0.15) is 8.78 Å². The summed E-state index contributed by atoms with van der Waals surface area (Å²) >= 11 is 0. The van der Waals surface area contributed by atoms with Gasteiger partial charge >= 0.3 is 6.61 Å². The first kappa shape index (κ1) is 19.1. The third-order valence-electron chi connectivity index (χ3n) is 3.30. The van der Waals surface area contributed by atoms with Gasteiger partial charge < -0.3 is 10.1 Å². The highest BCUT2D eigenvalue weighted by atomic mass is 35.5. The normalized spacial score (nSPS) is 22.2. The predicted octanol–water partition coefficient (Wildman–Crippen LogP) is 2.13. The van der Waals surface area contributed by atoms with Crippen LogP contribution in [0.5, 0.6) is 5.75 Å². The Morgan fingerprint density at radius 1 is 1.36 bits per heavy atom. The van der Waals surface area contributed by atoms with Crippen LogP contribution >= 0.6 is 12.4 Å². The molecule has 126 valence electrons. The molecule has 0 saturated carbocycles. The van der Waals surface area contributed by atoms with Crippen LogP contribution < -0.4 is 14.8 Å². The van der Waals surface area contributed by atoms with Crippen LogP contribution in [0.1, 0.15) is 19.8 Å². The molecular formula is C13H19ClF2N2O3S. The van der Waals surface area contributed by atoms with Crippen molar-refractivity contribution in [2.75, 3.05) is 6.54 Å². The number of hydrogen-bond acceptors (Lipinski definition) is 4. The third-order valence-corrected chi connectivity index (χ3v) is 4.86. The molecule has 1 fully saturated rings. The second kappa shape index (κ2) is 8.05. The average molecular weight is 357 g/mol. The molecular weight excluding hydrogens is 338 g/mol. The van der Waals surface area contributed by atoms with Crippen LogP contribution in [-0.2, 0) is 10.0 Å². The van der Waals surface area contributed by atoms with E-state index in [2.05, 4.69) is 14.8 Å². The molecule has 0 radical (unpaired) electrons. The van der Waals surface area contributed by atoms with E-state index in [1.165, 1.54) is 24.3 Å². The first-order valence-electron chi connectivity index (χ1n) is 6.68. The lowest BCUT2D eigenvalue weighted by atomic mass is 10.0. The Bertz CT molecular complexity index is 586. The van der Waals surface area contributed by atoms with Gasteiger partial charge in [0.2, 0.25) is 10.0 Å². The van der Waals surface area contributed by atoms with Gasteiger partial charge in [-0.05, 0) is 38.4 Å². The fourth-order valence-corrected chi connectivity index (χ4v) is 3.81. The Kier molecular flexibility index (Phi) is 6.98.